The minimum Gasteiger partial charge on any atom is -0.480 e. The molecule has 0 aliphatic heterocycles. The molecule has 1 atom stereocenters. The summed E-state index contributed by atoms with van der Waals surface area (Å²) < 4.78 is 25.4. The van der Waals surface area contributed by atoms with E-state index in [0.29, 0.717) is 0 Å². The van der Waals surface area contributed by atoms with Gasteiger partial charge >= 0.3 is 5.97 Å². The molecule has 0 heterocycles. The fraction of sp³-hybridized carbons (Fsp3) is 0.429. The Morgan fingerprint density at radius 2 is 1.90 bits per heavy atom. The minimum atomic E-state index is -2.79. The summed E-state index contributed by atoms with van der Waals surface area (Å²) >= 11 is 0. The fourth-order valence-corrected chi connectivity index (χ4v) is 2.19. The van der Waals surface area contributed by atoms with Crippen molar-refractivity contribution in [1.82, 2.24) is 5.32 Å². The van der Waals surface area contributed by atoms with Crippen LogP contribution in [0.2, 0.25) is 0 Å². The number of benzene rings is 1. The molecule has 0 saturated heterocycles. The van der Waals surface area contributed by atoms with E-state index in [1.54, 1.807) is 30.3 Å². The lowest BCUT2D eigenvalue weighted by Crippen LogP contribution is -2.50. The van der Waals surface area contributed by atoms with Gasteiger partial charge in [-0.15, -0.1) is 0 Å². The van der Waals surface area contributed by atoms with Crippen LogP contribution in [0.1, 0.15) is 18.4 Å². The normalized spacial score (nSPS) is 18.9. The summed E-state index contributed by atoms with van der Waals surface area (Å²) in [4.78, 5) is 22.8. The molecule has 1 fully saturated rings. The van der Waals surface area contributed by atoms with Gasteiger partial charge in [0.25, 0.3) is 0 Å². The van der Waals surface area contributed by atoms with E-state index in [4.69, 9.17) is 5.11 Å². The largest absolute Gasteiger partial charge is 0.480 e. The molecular weight excluding hydrogens is 268 g/mol. The number of carbonyl (C=O) groups excluding carboxylic acids is 1. The van der Waals surface area contributed by atoms with E-state index >= 15 is 0 Å². The molecule has 20 heavy (non-hydrogen) atoms. The molecule has 2 N–H and O–H groups in total. The molecule has 4 nitrogen and oxygen atoms in total. The van der Waals surface area contributed by atoms with Crippen molar-refractivity contribution in [1.29, 1.82) is 0 Å². The van der Waals surface area contributed by atoms with Crippen LogP contribution in [-0.4, -0.2) is 28.9 Å². The number of amides is 1. The van der Waals surface area contributed by atoms with Gasteiger partial charge in [-0.05, 0) is 5.56 Å². The third-order valence-electron chi connectivity index (χ3n) is 3.36. The van der Waals surface area contributed by atoms with Crippen molar-refractivity contribution in [3.8, 4) is 0 Å². The Labute approximate surface area is 114 Å². The first kappa shape index (κ1) is 14.4. The third-order valence-corrected chi connectivity index (χ3v) is 3.36. The number of carboxylic acids is 1. The highest BCUT2D eigenvalue weighted by atomic mass is 19.3. The first-order valence-electron chi connectivity index (χ1n) is 6.32. The highest BCUT2D eigenvalue weighted by molar-refractivity contribution is 5.85. The van der Waals surface area contributed by atoms with Crippen LogP contribution in [0.3, 0.4) is 0 Å². The van der Waals surface area contributed by atoms with Crippen LogP contribution in [0.15, 0.2) is 30.3 Å². The summed E-state index contributed by atoms with van der Waals surface area (Å²) in [5.74, 6) is -5.37. The number of hydrogen-bond acceptors (Lipinski definition) is 2. The summed E-state index contributed by atoms with van der Waals surface area (Å²) in [5.41, 5.74) is 0.763. The van der Waals surface area contributed by atoms with Crippen molar-refractivity contribution < 1.29 is 23.5 Å². The van der Waals surface area contributed by atoms with E-state index < -0.39 is 42.6 Å². The fourth-order valence-electron chi connectivity index (χ4n) is 2.19. The minimum absolute atomic E-state index is 0.130. The molecule has 2 rings (SSSR count). The second-order valence-corrected chi connectivity index (χ2v) is 5.05. The lowest BCUT2D eigenvalue weighted by atomic mass is 9.80. The molecular formula is C14H15F2NO3. The monoisotopic (exact) mass is 283 g/mol. The first-order valence-corrected chi connectivity index (χ1v) is 6.32. The molecule has 6 heteroatoms. The number of rotatable bonds is 5. The number of nitrogens with one attached hydrogen (secondary N) is 1. The number of carbonyl (C=O) groups is 2. The molecule has 0 bridgehead atoms. The van der Waals surface area contributed by atoms with Crippen molar-refractivity contribution in [2.45, 2.75) is 31.2 Å². The predicted octanol–water partition coefficient (Wildman–Crippen LogP) is 1.84. The van der Waals surface area contributed by atoms with Gasteiger partial charge in [0.1, 0.15) is 6.04 Å². The second kappa shape index (κ2) is 5.56. The molecule has 1 amide bonds. The van der Waals surface area contributed by atoms with E-state index in [9.17, 15) is 18.4 Å². The van der Waals surface area contributed by atoms with Crippen LogP contribution < -0.4 is 5.32 Å². The lowest BCUT2D eigenvalue weighted by Gasteiger charge is -2.34. The van der Waals surface area contributed by atoms with Gasteiger partial charge in [-0.3, -0.25) is 4.79 Å². The van der Waals surface area contributed by atoms with Gasteiger partial charge in [0.15, 0.2) is 0 Å². The second-order valence-electron chi connectivity index (χ2n) is 5.05. The van der Waals surface area contributed by atoms with Crippen molar-refractivity contribution in [2.75, 3.05) is 0 Å². The Bertz CT molecular complexity index is 496. The van der Waals surface area contributed by atoms with Crippen molar-refractivity contribution in [2.24, 2.45) is 5.92 Å². The summed E-state index contributed by atoms with van der Waals surface area (Å²) in [6.07, 6.45) is -0.877. The Kier molecular flexibility index (Phi) is 4.01. The maximum atomic E-state index is 12.7. The van der Waals surface area contributed by atoms with E-state index in [-0.39, 0.29) is 6.42 Å². The van der Waals surface area contributed by atoms with Gasteiger partial charge in [0.05, 0.1) is 0 Å². The van der Waals surface area contributed by atoms with Crippen LogP contribution >= 0.6 is 0 Å². The van der Waals surface area contributed by atoms with E-state index in [0.717, 1.165) is 5.56 Å². The lowest BCUT2D eigenvalue weighted by molar-refractivity contribution is -0.153. The molecule has 1 unspecified atom stereocenters. The smallest absolute Gasteiger partial charge is 0.326 e. The van der Waals surface area contributed by atoms with Crippen LogP contribution in [0, 0.1) is 5.92 Å². The number of alkyl halides is 2. The van der Waals surface area contributed by atoms with E-state index in [1.807, 2.05) is 0 Å². The number of carboxylic acid groups (broad SMARTS) is 1. The molecule has 108 valence electrons. The van der Waals surface area contributed by atoms with Gasteiger partial charge in [-0.2, -0.15) is 0 Å². The highest BCUT2D eigenvalue weighted by Crippen LogP contribution is 2.42. The van der Waals surface area contributed by atoms with Crippen LogP contribution in [0.25, 0.3) is 0 Å². The molecule has 1 aliphatic carbocycles. The maximum absolute atomic E-state index is 12.7. The number of aliphatic carboxylic acids is 1. The first-order chi connectivity index (χ1) is 9.37. The molecule has 1 aromatic rings. The predicted molar refractivity (Wildman–Crippen MR) is 67.4 cm³/mol. The summed E-state index contributed by atoms with van der Waals surface area (Å²) in [7, 11) is 0. The zero-order valence-electron chi connectivity index (χ0n) is 10.7. The average molecular weight is 283 g/mol. The van der Waals surface area contributed by atoms with Crippen molar-refractivity contribution in [3.63, 3.8) is 0 Å². The van der Waals surface area contributed by atoms with Crippen LogP contribution in [0.5, 0.6) is 0 Å². The zero-order chi connectivity index (χ0) is 14.8. The van der Waals surface area contributed by atoms with Gasteiger partial charge < -0.3 is 10.4 Å². The van der Waals surface area contributed by atoms with Crippen molar-refractivity contribution in [3.05, 3.63) is 35.9 Å². The Morgan fingerprint density at radius 1 is 1.30 bits per heavy atom. The number of hydrogen-bond donors (Lipinski definition) is 2. The summed E-state index contributed by atoms with van der Waals surface area (Å²) in [6.45, 7) is 0. The maximum Gasteiger partial charge on any atom is 0.326 e. The average Bonchev–Trinajstić information content (AvgIpc) is 2.36. The van der Waals surface area contributed by atoms with Gasteiger partial charge in [0, 0.05) is 25.2 Å². The molecule has 0 spiro atoms. The Balaban J connectivity index is 1.93. The Morgan fingerprint density at radius 3 is 2.40 bits per heavy atom. The quantitative estimate of drug-likeness (QED) is 0.866. The van der Waals surface area contributed by atoms with Crippen LogP contribution in [0.4, 0.5) is 8.78 Å². The van der Waals surface area contributed by atoms with E-state index in [1.165, 1.54) is 0 Å². The standard InChI is InChI=1S/C14H15F2NO3/c15-14(16)7-10(8-14)12(18)17-11(13(19)20)6-9-4-2-1-3-5-9/h1-5,10-11H,6-8H2,(H,17,18)(H,19,20). The number of halogens is 2. The SMILES string of the molecule is O=C(NC(Cc1ccccc1)C(=O)O)C1CC(F)(F)C1. The Hall–Kier alpha value is -1.98. The van der Waals surface area contributed by atoms with Gasteiger partial charge in [0.2, 0.25) is 11.8 Å². The molecule has 1 aromatic carbocycles. The third kappa shape index (κ3) is 3.53. The molecule has 1 aliphatic rings. The summed E-state index contributed by atoms with van der Waals surface area (Å²) in [6, 6.07) is 7.73. The van der Waals surface area contributed by atoms with Gasteiger partial charge in [-0.25, -0.2) is 13.6 Å². The summed E-state index contributed by atoms with van der Waals surface area (Å²) in [5, 5.41) is 11.4. The molecule has 0 aromatic heterocycles. The van der Waals surface area contributed by atoms with Crippen LogP contribution in [-0.2, 0) is 16.0 Å². The van der Waals surface area contributed by atoms with Gasteiger partial charge in [-0.1, -0.05) is 30.3 Å². The molecule has 0 radical (unpaired) electrons. The zero-order valence-corrected chi connectivity index (χ0v) is 10.7. The van der Waals surface area contributed by atoms with E-state index in [2.05, 4.69) is 5.32 Å². The topological polar surface area (TPSA) is 66.4 Å². The molecule has 1 saturated carbocycles. The highest BCUT2D eigenvalue weighted by Gasteiger charge is 2.49. The van der Waals surface area contributed by atoms with Crippen molar-refractivity contribution >= 4 is 11.9 Å².